The lowest BCUT2D eigenvalue weighted by Gasteiger charge is -2.62. The molecule has 4 fully saturated rings. The van der Waals surface area contributed by atoms with Crippen molar-refractivity contribution in [3.8, 4) is 0 Å². The molecule has 8 atom stereocenters. The molecule has 0 spiro atoms. The van der Waals surface area contributed by atoms with Crippen LogP contribution in [0.2, 0.25) is 0 Å². The van der Waals surface area contributed by atoms with Crippen LogP contribution in [0.25, 0.3) is 11.0 Å². The Morgan fingerprint density at radius 1 is 1.11 bits per heavy atom. The van der Waals surface area contributed by atoms with E-state index in [-0.39, 0.29) is 40.1 Å². The second kappa shape index (κ2) is 8.80. The van der Waals surface area contributed by atoms with Gasteiger partial charge in [-0.2, -0.15) is 0 Å². The van der Waals surface area contributed by atoms with Gasteiger partial charge >= 0.3 is 0 Å². The van der Waals surface area contributed by atoms with Crippen LogP contribution in [0.1, 0.15) is 71.6 Å². The number of hydrogen-bond acceptors (Lipinski definition) is 5. The molecular formula is C29H39F2N3O3. The van der Waals surface area contributed by atoms with Crippen LogP contribution in [0.5, 0.6) is 0 Å². The van der Waals surface area contributed by atoms with Crippen molar-refractivity contribution in [2.45, 2.75) is 83.8 Å². The lowest BCUT2D eigenvalue weighted by Crippen LogP contribution is -2.58. The normalized spacial score (nSPS) is 41.3. The number of halogens is 2. The fourth-order valence-corrected chi connectivity index (χ4v) is 9.68. The summed E-state index contributed by atoms with van der Waals surface area (Å²) in [6.45, 7) is 4.95. The number of ketones is 1. The van der Waals surface area contributed by atoms with Crippen molar-refractivity contribution in [3.05, 3.63) is 23.8 Å². The summed E-state index contributed by atoms with van der Waals surface area (Å²) in [7, 11) is 1.81. The minimum atomic E-state index is -1.00. The predicted molar refractivity (Wildman–Crippen MR) is 134 cm³/mol. The van der Waals surface area contributed by atoms with Gasteiger partial charge in [0.15, 0.2) is 17.4 Å². The van der Waals surface area contributed by atoms with Crippen LogP contribution in [0, 0.1) is 52.1 Å². The van der Waals surface area contributed by atoms with Gasteiger partial charge in [0.05, 0.1) is 12.2 Å². The number of ether oxygens (including phenoxy) is 1. The maximum absolute atomic E-state index is 14.5. The maximum atomic E-state index is 14.5. The van der Waals surface area contributed by atoms with Gasteiger partial charge in [-0.1, -0.05) is 12.1 Å². The molecule has 1 aromatic carbocycles. The van der Waals surface area contributed by atoms with Crippen LogP contribution >= 0.6 is 0 Å². The number of carbonyl (C=O) groups excluding carboxylic acids is 1. The zero-order valence-corrected chi connectivity index (χ0v) is 22.2. The lowest BCUT2D eigenvalue weighted by molar-refractivity contribution is -0.175. The molecule has 4 saturated carbocycles. The Morgan fingerprint density at radius 2 is 1.92 bits per heavy atom. The van der Waals surface area contributed by atoms with Crippen LogP contribution in [-0.4, -0.2) is 45.2 Å². The largest absolute Gasteiger partial charge is 0.390 e. The molecule has 0 aliphatic heterocycles. The van der Waals surface area contributed by atoms with Crippen molar-refractivity contribution in [2.24, 2.45) is 40.4 Å². The number of nitrogens with zero attached hydrogens (tertiary/aromatic N) is 3. The number of methoxy groups -OCH3 is 1. The molecule has 6 rings (SSSR count). The number of aliphatic hydroxyl groups is 1. The molecule has 2 aromatic rings. The summed E-state index contributed by atoms with van der Waals surface area (Å²) in [5, 5.41) is 18.8. The molecule has 37 heavy (non-hydrogen) atoms. The molecule has 4 aliphatic rings. The van der Waals surface area contributed by atoms with Gasteiger partial charge in [0.1, 0.15) is 17.6 Å². The highest BCUT2D eigenvalue weighted by molar-refractivity contribution is 5.84. The average Bonchev–Trinajstić information content (AvgIpc) is 3.42. The van der Waals surface area contributed by atoms with E-state index in [0.29, 0.717) is 23.7 Å². The average molecular weight is 516 g/mol. The summed E-state index contributed by atoms with van der Waals surface area (Å²) >= 11 is 0. The number of aromatic nitrogens is 3. The van der Waals surface area contributed by atoms with Crippen molar-refractivity contribution in [3.63, 3.8) is 0 Å². The molecule has 0 amide bonds. The van der Waals surface area contributed by atoms with Crippen molar-refractivity contribution < 1.29 is 23.4 Å². The zero-order valence-electron chi connectivity index (χ0n) is 22.2. The van der Waals surface area contributed by atoms with Gasteiger partial charge < -0.3 is 9.84 Å². The van der Waals surface area contributed by atoms with Gasteiger partial charge in [-0.25, -0.2) is 13.5 Å². The molecule has 0 bridgehead atoms. The molecule has 202 valence electrons. The highest BCUT2D eigenvalue weighted by atomic mass is 19.2. The van der Waals surface area contributed by atoms with Gasteiger partial charge in [-0.15, -0.1) is 5.10 Å². The van der Waals surface area contributed by atoms with E-state index >= 15 is 0 Å². The fourth-order valence-electron chi connectivity index (χ4n) is 9.68. The second-order valence-electron chi connectivity index (χ2n) is 13.1. The van der Waals surface area contributed by atoms with Crippen molar-refractivity contribution in [2.75, 3.05) is 13.7 Å². The summed E-state index contributed by atoms with van der Waals surface area (Å²) in [5.41, 5.74) is -0.347. The van der Waals surface area contributed by atoms with E-state index in [0.717, 1.165) is 70.5 Å². The number of Topliss-reactive ketones (excluding diaryl/α,β-unsaturated/α-hetero) is 1. The van der Waals surface area contributed by atoms with Gasteiger partial charge in [0, 0.05) is 13.0 Å². The summed E-state index contributed by atoms with van der Waals surface area (Å²) < 4.78 is 35.5. The summed E-state index contributed by atoms with van der Waals surface area (Å²) in [6, 6.07) is 2.44. The highest BCUT2D eigenvalue weighted by Crippen LogP contribution is 2.68. The molecule has 4 aliphatic carbocycles. The number of rotatable bonds is 5. The first kappa shape index (κ1) is 25.4. The molecule has 1 N–H and O–H groups in total. The third-order valence-electron chi connectivity index (χ3n) is 11.3. The maximum Gasteiger partial charge on any atom is 0.186 e. The third-order valence-corrected chi connectivity index (χ3v) is 11.3. The topological polar surface area (TPSA) is 77.2 Å². The van der Waals surface area contributed by atoms with E-state index in [4.69, 9.17) is 4.74 Å². The van der Waals surface area contributed by atoms with Crippen molar-refractivity contribution in [1.29, 1.82) is 0 Å². The molecule has 1 heterocycles. The van der Waals surface area contributed by atoms with E-state index < -0.39 is 17.2 Å². The molecule has 6 nitrogen and oxygen atoms in total. The number of fused-ring (bicyclic) bond motifs is 6. The summed E-state index contributed by atoms with van der Waals surface area (Å²) in [5.74, 6) is 0.0498. The fraction of sp³-hybridized carbons (Fsp3) is 0.759. The number of carbonyl (C=O) groups is 1. The minimum Gasteiger partial charge on any atom is -0.390 e. The van der Waals surface area contributed by atoms with Crippen LogP contribution in [0.3, 0.4) is 0 Å². The molecular weight excluding hydrogens is 476 g/mol. The SMILES string of the molecule is COCC12CC[C@@](C)(O)C[C@@H]1CC[C@@H]1[C@@H]2CC[C@]2(C)[C@@H](C(=O)Cn3nnc4ccc(F)c(F)c43)CC[C@@H]12. The smallest absolute Gasteiger partial charge is 0.186 e. The number of hydrogen-bond donors (Lipinski definition) is 1. The van der Waals surface area contributed by atoms with Crippen molar-refractivity contribution in [1.82, 2.24) is 15.0 Å². The Labute approximate surface area is 217 Å². The first-order chi connectivity index (χ1) is 17.6. The molecule has 8 heteroatoms. The van der Waals surface area contributed by atoms with Crippen LogP contribution in [0.4, 0.5) is 8.78 Å². The van der Waals surface area contributed by atoms with Gasteiger partial charge in [-0.3, -0.25) is 4.79 Å². The van der Waals surface area contributed by atoms with Crippen LogP contribution in [0.15, 0.2) is 12.1 Å². The third kappa shape index (κ3) is 3.80. The van der Waals surface area contributed by atoms with Crippen molar-refractivity contribution >= 4 is 16.8 Å². The first-order valence-electron chi connectivity index (χ1n) is 14.0. The molecule has 1 aromatic heterocycles. The van der Waals surface area contributed by atoms with Crippen LogP contribution in [-0.2, 0) is 16.1 Å². The van der Waals surface area contributed by atoms with E-state index in [2.05, 4.69) is 17.2 Å². The quantitative estimate of drug-likeness (QED) is 0.584. The van der Waals surface area contributed by atoms with Gasteiger partial charge in [-0.05, 0) is 111 Å². The van der Waals surface area contributed by atoms with E-state index in [1.54, 1.807) is 0 Å². The monoisotopic (exact) mass is 515 g/mol. The predicted octanol–water partition coefficient (Wildman–Crippen LogP) is 5.32. The first-order valence-corrected chi connectivity index (χ1v) is 14.0. The molecule has 0 radical (unpaired) electrons. The number of benzene rings is 1. The second-order valence-corrected chi connectivity index (χ2v) is 13.1. The summed E-state index contributed by atoms with van der Waals surface area (Å²) in [4.78, 5) is 13.7. The van der Waals surface area contributed by atoms with E-state index in [1.165, 1.54) is 10.7 Å². The Balaban J connectivity index is 1.25. The zero-order chi connectivity index (χ0) is 26.2. The van der Waals surface area contributed by atoms with E-state index in [9.17, 15) is 18.7 Å². The standard InChI is InChI=1S/C29H39F2N3O3/c1-27(36)12-13-29(16-37-3)17(14-27)4-5-18-19-6-7-21(28(19,2)11-10-20(18)29)24(35)15-34-26-23(32-33-34)9-8-22(30)25(26)31/h8-9,17-21,36H,4-7,10-16H2,1-3H3/t17-,18-,19-,20-,21+,27+,28-,29?/m0/s1. The molecule has 1 unspecified atom stereocenters. The van der Waals surface area contributed by atoms with Gasteiger partial charge in [0.25, 0.3) is 0 Å². The Kier molecular flexibility index (Phi) is 6.03. The molecule has 0 saturated heterocycles. The van der Waals surface area contributed by atoms with E-state index in [1.807, 2.05) is 14.0 Å². The minimum absolute atomic E-state index is 0.0373. The summed E-state index contributed by atoms with van der Waals surface area (Å²) in [6.07, 6.45) is 8.88. The lowest BCUT2D eigenvalue weighted by atomic mass is 9.43. The Bertz CT molecular complexity index is 1210. The Morgan fingerprint density at radius 3 is 2.70 bits per heavy atom. The highest BCUT2D eigenvalue weighted by Gasteiger charge is 2.63. The van der Waals surface area contributed by atoms with Gasteiger partial charge in [0.2, 0.25) is 0 Å². The Hall–Kier alpha value is -1.93. The van der Waals surface area contributed by atoms with Crippen LogP contribution < -0.4 is 0 Å².